The second-order valence-corrected chi connectivity index (χ2v) is 4.61. The molecule has 3 N–H and O–H groups in total. The van der Waals surface area contributed by atoms with Gasteiger partial charge < -0.3 is 10.5 Å². The van der Waals surface area contributed by atoms with Crippen molar-refractivity contribution < 1.29 is 4.74 Å². The lowest BCUT2D eigenvalue weighted by atomic mass is 9.92. The van der Waals surface area contributed by atoms with Crippen molar-refractivity contribution in [2.24, 2.45) is 5.73 Å². The molecule has 0 aliphatic rings. The van der Waals surface area contributed by atoms with Crippen LogP contribution >= 0.6 is 24.8 Å². The number of ether oxygens (including phenoxy) is 1. The molecule has 0 heterocycles. The van der Waals surface area contributed by atoms with Crippen LogP contribution in [-0.4, -0.2) is 14.2 Å². The summed E-state index contributed by atoms with van der Waals surface area (Å²) in [5.74, 6) is 0.835. The monoisotopic (exact) mass is 328 g/mol. The summed E-state index contributed by atoms with van der Waals surface area (Å²) in [6, 6.07) is 18.1. The van der Waals surface area contributed by atoms with Gasteiger partial charge in [-0.2, -0.15) is 0 Å². The van der Waals surface area contributed by atoms with Gasteiger partial charge in [0.1, 0.15) is 5.75 Å². The van der Waals surface area contributed by atoms with Crippen LogP contribution in [0.4, 0.5) is 0 Å². The summed E-state index contributed by atoms with van der Waals surface area (Å²) in [4.78, 5) is 0. The quantitative estimate of drug-likeness (QED) is 0.829. The van der Waals surface area contributed by atoms with Gasteiger partial charge in [-0.15, -0.1) is 24.8 Å². The van der Waals surface area contributed by atoms with Crippen LogP contribution in [0.15, 0.2) is 54.6 Å². The third-order valence-electron chi connectivity index (χ3n) is 3.38. The Morgan fingerprint density at radius 2 is 1.57 bits per heavy atom. The molecule has 5 heteroatoms. The molecule has 0 bridgehead atoms. The van der Waals surface area contributed by atoms with Crippen molar-refractivity contribution in [3.05, 3.63) is 65.7 Å². The van der Waals surface area contributed by atoms with Crippen LogP contribution in [0.3, 0.4) is 0 Å². The van der Waals surface area contributed by atoms with Crippen molar-refractivity contribution in [1.29, 1.82) is 0 Å². The minimum absolute atomic E-state index is 0. The standard InChI is InChI=1S/C16H20N2O.2ClH/c1-18-16(17,12-13-6-4-3-5-7-13)14-8-10-15(19-2)11-9-14;;/h3-11,18H,12,17H2,1-2H3;2*1H. The number of hydrogen-bond donors (Lipinski definition) is 2. The Morgan fingerprint density at radius 1 is 1.00 bits per heavy atom. The molecule has 0 aliphatic heterocycles. The average Bonchev–Trinajstić information content (AvgIpc) is 2.48. The molecule has 1 atom stereocenters. The van der Waals surface area contributed by atoms with E-state index < -0.39 is 5.66 Å². The van der Waals surface area contributed by atoms with Crippen LogP contribution in [0.2, 0.25) is 0 Å². The highest BCUT2D eigenvalue weighted by Gasteiger charge is 2.25. The van der Waals surface area contributed by atoms with Crippen molar-refractivity contribution in [2.75, 3.05) is 14.2 Å². The second-order valence-electron chi connectivity index (χ2n) is 4.61. The van der Waals surface area contributed by atoms with Gasteiger partial charge in [0.15, 0.2) is 0 Å². The minimum atomic E-state index is -0.576. The zero-order valence-corrected chi connectivity index (χ0v) is 13.8. The van der Waals surface area contributed by atoms with Gasteiger partial charge in [-0.3, -0.25) is 5.32 Å². The zero-order chi connectivity index (χ0) is 13.7. The number of benzene rings is 2. The van der Waals surface area contributed by atoms with Crippen LogP contribution in [0.5, 0.6) is 5.75 Å². The highest BCUT2D eigenvalue weighted by molar-refractivity contribution is 5.85. The van der Waals surface area contributed by atoms with E-state index >= 15 is 0 Å². The molecule has 0 aliphatic carbocycles. The second kappa shape index (κ2) is 8.90. The summed E-state index contributed by atoms with van der Waals surface area (Å²) in [6.07, 6.45) is 0.733. The fraction of sp³-hybridized carbons (Fsp3) is 0.250. The molecule has 3 nitrogen and oxygen atoms in total. The molecule has 0 amide bonds. The van der Waals surface area contributed by atoms with Gasteiger partial charge in [-0.1, -0.05) is 42.5 Å². The van der Waals surface area contributed by atoms with Gasteiger partial charge in [0.25, 0.3) is 0 Å². The molecule has 2 aromatic carbocycles. The van der Waals surface area contributed by atoms with E-state index in [0.717, 1.165) is 17.7 Å². The lowest BCUT2D eigenvalue weighted by Crippen LogP contribution is -2.50. The first-order valence-corrected chi connectivity index (χ1v) is 6.34. The third kappa shape index (κ3) is 4.90. The number of nitrogens with two attached hydrogens (primary N) is 1. The maximum Gasteiger partial charge on any atom is 0.118 e. The predicted octanol–water partition coefficient (Wildman–Crippen LogP) is 3.11. The molecule has 0 spiro atoms. The van der Waals surface area contributed by atoms with Gasteiger partial charge in [0, 0.05) is 6.42 Å². The molecular weight excluding hydrogens is 307 g/mol. The highest BCUT2D eigenvalue weighted by Crippen LogP contribution is 2.22. The van der Waals surface area contributed by atoms with Gasteiger partial charge in [0.2, 0.25) is 0 Å². The Morgan fingerprint density at radius 3 is 2.05 bits per heavy atom. The maximum absolute atomic E-state index is 6.49. The number of nitrogens with one attached hydrogen (secondary N) is 1. The van der Waals surface area contributed by atoms with Crippen molar-refractivity contribution in [2.45, 2.75) is 12.1 Å². The summed E-state index contributed by atoms with van der Waals surface area (Å²) >= 11 is 0. The van der Waals surface area contributed by atoms with E-state index in [1.54, 1.807) is 7.11 Å². The van der Waals surface area contributed by atoms with Gasteiger partial charge in [0.05, 0.1) is 12.8 Å². The first-order chi connectivity index (χ1) is 9.18. The van der Waals surface area contributed by atoms with E-state index in [2.05, 4.69) is 17.4 Å². The lowest BCUT2D eigenvalue weighted by Gasteiger charge is -2.30. The molecule has 0 saturated heterocycles. The van der Waals surface area contributed by atoms with E-state index in [1.807, 2.05) is 49.5 Å². The first kappa shape index (κ1) is 19.7. The maximum atomic E-state index is 6.49. The lowest BCUT2D eigenvalue weighted by molar-refractivity contribution is 0.370. The van der Waals surface area contributed by atoms with E-state index in [4.69, 9.17) is 10.5 Å². The molecule has 0 radical (unpaired) electrons. The summed E-state index contributed by atoms with van der Waals surface area (Å²) in [5, 5.41) is 3.22. The molecular formula is C16H22Cl2N2O. The highest BCUT2D eigenvalue weighted by atomic mass is 35.5. The number of halogens is 2. The van der Waals surface area contributed by atoms with Crippen LogP contribution in [-0.2, 0) is 12.1 Å². The molecule has 1 unspecified atom stereocenters. The van der Waals surface area contributed by atoms with Crippen molar-refractivity contribution in [3.63, 3.8) is 0 Å². The first-order valence-electron chi connectivity index (χ1n) is 6.34. The Labute approximate surface area is 138 Å². The third-order valence-corrected chi connectivity index (χ3v) is 3.38. The predicted molar refractivity (Wildman–Crippen MR) is 92.6 cm³/mol. The molecule has 2 aromatic rings. The van der Waals surface area contributed by atoms with Crippen LogP contribution < -0.4 is 15.8 Å². The molecule has 2 rings (SSSR count). The van der Waals surface area contributed by atoms with Crippen molar-refractivity contribution >= 4 is 24.8 Å². The van der Waals surface area contributed by atoms with Gasteiger partial charge in [-0.05, 0) is 30.3 Å². The van der Waals surface area contributed by atoms with Gasteiger partial charge in [-0.25, -0.2) is 0 Å². The topological polar surface area (TPSA) is 47.3 Å². The molecule has 0 saturated carbocycles. The fourth-order valence-electron chi connectivity index (χ4n) is 2.14. The zero-order valence-electron chi connectivity index (χ0n) is 12.2. The Kier molecular flexibility index (Phi) is 8.37. The summed E-state index contributed by atoms with van der Waals surface area (Å²) in [5.41, 5.74) is 8.16. The van der Waals surface area contributed by atoms with E-state index in [-0.39, 0.29) is 24.8 Å². The summed E-state index contributed by atoms with van der Waals surface area (Å²) < 4.78 is 5.17. The number of hydrogen-bond acceptors (Lipinski definition) is 3. The Hall–Kier alpha value is -1.26. The summed E-state index contributed by atoms with van der Waals surface area (Å²) in [7, 11) is 3.54. The van der Waals surface area contributed by atoms with Gasteiger partial charge >= 0.3 is 0 Å². The fourth-order valence-corrected chi connectivity index (χ4v) is 2.14. The van der Waals surface area contributed by atoms with Crippen molar-refractivity contribution in [1.82, 2.24) is 5.32 Å². The average molecular weight is 329 g/mol. The Balaban J connectivity index is 0.00000200. The Bertz CT molecular complexity index is 520. The summed E-state index contributed by atoms with van der Waals surface area (Å²) in [6.45, 7) is 0. The van der Waals surface area contributed by atoms with Crippen LogP contribution in [0, 0.1) is 0 Å². The molecule has 21 heavy (non-hydrogen) atoms. The van der Waals surface area contributed by atoms with E-state index in [9.17, 15) is 0 Å². The number of methoxy groups -OCH3 is 1. The van der Waals surface area contributed by atoms with Crippen LogP contribution in [0.25, 0.3) is 0 Å². The largest absolute Gasteiger partial charge is 0.497 e. The smallest absolute Gasteiger partial charge is 0.118 e. The molecule has 116 valence electrons. The van der Waals surface area contributed by atoms with E-state index in [1.165, 1.54) is 5.56 Å². The molecule has 0 aromatic heterocycles. The molecule has 0 fully saturated rings. The van der Waals surface area contributed by atoms with Crippen molar-refractivity contribution in [3.8, 4) is 5.75 Å². The van der Waals surface area contributed by atoms with E-state index in [0.29, 0.717) is 0 Å². The van der Waals surface area contributed by atoms with Crippen LogP contribution in [0.1, 0.15) is 11.1 Å². The number of rotatable bonds is 5. The normalized spacial score (nSPS) is 12.5. The SMILES string of the molecule is CNC(N)(Cc1ccccc1)c1ccc(OC)cc1.Cl.Cl. The minimum Gasteiger partial charge on any atom is -0.497 e. The number of likely N-dealkylation sites (N-methyl/N-ethyl adjacent to an activating group) is 1.